The highest BCUT2D eigenvalue weighted by molar-refractivity contribution is 7.99. The molecular formula is C15H12O2S. The zero-order valence-corrected chi connectivity index (χ0v) is 10.8. The minimum absolute atomic E-state index is 0.467. The zero-order valence-electron chi connectivity index (χ0n) is 9.93. The van der Waals surface area contributed by atoms with Gasteiger partial charge in [0, 0.05) is 16.2 Å². The smallest absolute Gasteiger partial charge is 0.336 e. The lowest BCUT2D eigenvalue weighted by molar-refractivity contribution is 0.0694. The molecular weight excluding hydrogens is 244 g/mol. The Morgan fingerprint density at radius 1 is 1.17 bits per heavy atom. The van der Waals surface area contributed by atoms with Crippen molar-refractivity contribution in [3.63, 3.8) is 0 Å². The van der Waals surface area contributed by atoms with Crippen LogP contribution in [0.2, 0.25) is 0 Å². The van der Waals surface area contributed by atoms with Gasteiger partial charge in [0.15, 0.2) is 0 Å². The third-order valence-electron chi connectivity index (χ3n) is 3.25. The Morgan fingerprint density at radius 2 is 1.94 bits per heavy atom. The van der Waals surface area contributed by atoms with Crippen molar-refractivity contribution in [1.82, 2.24) is 0 Å². The van der Waals surface area contributed by atoms with Crippen LogP contribution in [0.3, 0.4) is 0 Å². The van der Waals surface area contributed by atoms with Gasteiger partial charge in [-0.1, -0.05) is 36.0 Å². The number of hydrogen-bond acceptors (Lipinski definition) is 2. The van der Waals surface area contributed by atoms with E-state index < -0.39 is 5.97 Å². The number of rotatable bonds is 1. The molecule has 0 saturated carbocycles. The molecule has 0 radical (unpaired) electrons. The number of benzene rings is 2. The van der Waals surface area contributed by atoms with E-state index in [4.69, 9.17) is 0 Å². The molecule has 1 N–H and O–H groups in total. The summed E-state index contributed by atoms with van der Waals surface area (Å²) in [4.78, 5) is 13.7. The predicted octanol–water partition coefficient (Wildman–Crippen LogP) is 3.75. The summed E-state index contributed by atoms with van der Waals surface area (Å²) < 4.78 is 0. The normalized spacial score (nSPS) is 12.7. The monoisotopic (exact) mass is 256 g/mol. The van der Waals surface area contributed by atoms with E-state index in [0.29, 0.717) is 12.0 Å². The molecule has 3 heteroatoms. The standard InChI is InChI=1S/C15H12O2S/c1-9-6-7-13-11(14(9)15(16)17)8-10-4-2-3-5-12(10)18-13/h2-7H,8H2,1H3,(H,16,17). The summed E-state index contributed by atoms with van der Waals surface area (Å²) >= 11 is 1.66. The van der Waals surface area contributed by atoms with E-state index >= 15 is 0 Å². The lowest BCUT2D eigenvalue weighted by Crippen LogP contribution is -2.10. The lowest BCUT2D eigenvalue weighted by atomic mass is 9.95. The first kappa shape index (κ1) is 11.4. The number of carboxylic acid groups (broad SMARTS) is 1. The van der Waals surface area contributed by atoms with E-state index in [1.54, 1.807) is 11.8 Å². The molecule has 0 bridgehead atoms. The van der Waals surface area contributed by atoms with Gasteiger partial charge in [-0.3, -0.25) is 0 Å². The summed E-state index contributed by atoms with van der Waals surface area (Å²) in [6.07, 6.45) is 0.710. The van der Waals surface area contributed by atoms with Crippen LogP contribution < -0.4 is 0 Å². The van der Waals surface area contributed by atoms with Crippen molar-refractivity contribution in [2.75, 3.05) is 0 Å². The number of aromatic carboxylic acids is 1. The Kier molecular flexibility index (Phi) is 2.63. The summed E-state index contributed by atoms with van der Waals surface area (Å²) in [5.74, 6) is -0.829. The largest absolute Gasteiger partial charge is 0.478 e. The van der Waals surface area contributed by atoms with E-state index in [0.717, 1.165) is 16.0 Å². The molecule has 1 aliphatic heterocycles. The Hall–Kier alpha value is -1.74. The van der Waals surface area contributed by atoms with Gasteiger partial charge in [0.1, 0.15) is 0 Å². The van der Waals surface area contributed by atoms with Crippen molar-refractivity contribution in [3.05, 3.63) is 58.7 Å². The molecule has 90 valence electrons. The van der Waals surface area contributed by atoms with E-state index in [1.165, 1.54) is 10.5 Å². The molecule has 0 fully saturated rings. The van der Waals surface area contributed by atoms with Crippen molar-refractivity contribution in [1.29, 1.82) is 0 Å². The molecule has 2 nitrogen and oxygen atoms in total. The topological polar surface area (TPSA) is 37.3 Å². The van der Waals surface area contributed by atoms with Crippen molar-refractivity contribution in [2.45, 2.75) is 23.1 Å². The molecule has 0 unspecified atom stereocenters. The molecule has 0 spiro atoms. The molecule has 0 saturated heterocycles. The number of carboxylic acids is 1. The van der Waals surface area contributed by atoms with Crippen LogP contribution in [0.4, 0.5) is 0 Å². The molecule has 1 heterocycles. The molecule has 18 heavy (non-hydrogen) atoms. The average molecular weight is 256 g/mol. The van der Waals surface area contributed by atoms with Crippen molar-refractivity contribution in [3.8, 4) is 0 Å². The third-order valence-corrected chi connectivity index (χ3v) is 4.47. The van der Waals surface area contributed by atoms with Crippen LogP contribution in [0.15, 0.2) is 46.2 Å². The number of aryl methyl sites for hydroxylation is 1. The Bertz CT molecular complexity index is 647. The second kappa shape index (κ2) is 4.18. The minimum Gasteiger partial charge on any atom is -0.478 e. The van der Waals surface area contributed by atoms with Crippen LogP contribution in [0.5, 0.6) is 0 Å². The maximum atomic E-state index is 11.4. The van der Waals surface area contributed by atoms with E-state index in [9.17, 15) is 9.90 Å². The van der Waals surface area contributed by atoms with E-state index in [2.05, 4.69) is 12.1 Å². The maximum Gasteiger partial charge on any atom is 0.336 e. The quantitative estimate of drug-likeness (QED) is 0.720. The molecule has 0 aliphatic carbocycles. The van der Waals surface area contributed by atoms with Crippen molar-refractivity contribution < 1.29 is 9.90 Å². The minimum atomic E-state index is -0.829. The van der Waals surface area contributed by atoms with Crippen molar-refractivity contribution >= 4 is 17.7 Å². The van der Waals surface area contributed by atoms with Gasteiger partial charge in [0.2, 0.25) is 0 Å². The predicted molar refractivity (Wildman–Crippen MR) is 71.5 cm³/mol. The van der Waals surface area contributed by atoms with Crippen LogP contribution in [0, 0.1) is 6.92 Å². The summed E-state index contributed by atoms with van der Waals surface area (Å²) in [6.45, 7) is 1.86. The third kappa shape index (κ3) is 1.71. The first-order valence-electron chi connectivity index (χ1n) is 5.78. The molecule has 2 aromatic carbocycles. The van der Waals surface area contributed by atoms with Gasteiger partial charge in [-0.25, -0.2) is 4.79 Å². The number of fused-ring (bicyclic) bond motifs is 2. The fourth-order valence-electron chi connectivity index (χ4n) is 2.37. The second-order valence-corrected chi connectivity index (χ2v) is 5.51. The van der Waals surface area contributed by atoms with Crippen LogP contribution in [0.1, 0.15) is 27.0 Å². The van der Waals surface area contributed by atoms with Gasteiger partial charge in [-0.2, -0.15) is 0 Å². The zero-order chi connectivity index (χ0) is 12.7. The second-order valence-electron chi connectivity index (χ2n) is 4.43. The Balaban J connectivity index is 2.19. The number of carbonyl (C=O) groups is 1. The van der Waals surface area contributed by atoms with E-state index in [1.807, 2.05) is 31.2 Å². The van der Waals surface area contributed by atoms with Gasteiger partial charge in [-0.05, 0) is 35.7 Å². The molecule has 2 aromatic rings. The summed E-state index contributed by atoms with van der Waals surface area (Å²) in [5.41, 5.74) is 3.46. The lowest BCUT2D eigenvalue weighted by Gasteiger charge is -2.21. The summed E-state index contributed by atoms with van der Waals surface area (Å²) in [6, 6.07) is 12.1. The van der Waals surface area contributed by atoms with E-state index in [-0.39, 0.29) is 0 Å². The molecule has 3 rings (SSSR count). The van der Waals surface area contributed by atoms with Gasteiger partial charge in [-0.15, -0.1) is 0 Å². The first-order chi connectivity index (χ1) is 8.66. The molecule has 0 atom stereocenters. The molecule has 1 aliphatic rings. The van der Waals surface area contributed by atoms with Gasteiger partial charge in [0.05, 0.1) is 5.56 Å². The fourth-order valence-corrected chi connectivity index (χ4v) is 3.46. The Morgan fingerprint density at radius 3 is 2.72 bits per heavy atom. The molecule has 0 amide bonds. The highest BCUT2D eigenvalue weighted by Gasteiger charge is 2.22. The number of hydrogen-bond donors (Lipinski definition) is 1. The van der Waals surface area contributed by atoms with Crippen LogP contribution in [-0.4, -0.2) is 11.1 Å². The highest BCUT2D eigenvalue weighted by Crippen LogP contribution is 2.41. The van der Waals surface area contributed by atoms with Gasteiger partial charge in [0.25, 0.3) is 0 Å². The van der Waals surface area contributed by atoms with Gasteiger partial charge >= 0.3 is 5.97 Å². The fraction of sp³-hybridized carbons (Fsp3) is 0.133. The average Bonchev–Trinajstić information content (AvgIpc) is 2.36. The summed E-state index contributed by atoms with van der Waals surface area (Å²) in [7, 11) is 0. The van der Waals surface area contributed by atoms with Crippen molar-refractivity contribution in [2.24, 2.45) is 0 Å². The van der Waals surface area contributed by atoms with Crippen LogP contribution >= 0.6 is 11.8 Å². The highest BCUT2D eigenvalue weighted by atomic mass is 32.2. The maximum absolute atomic E-state index is 11.4. The summed E-state index contributed by atoms with van der Waals surface area (Å²) in [5, 5.41) is 9.36. The first-order valence-corrected chi connectivity index (χ1v) is 6.60. The Labute approximate surface area is 110 Å². The molecule has 0 aromatic heterocycles. The SMILES string of the molecule is Cc1ccc2c(c1C(=O)O)Cc1ccccc1S2. The van der Waals surface area contributed by atoms with Gasteiger partial charge < -0.3 is 5.11 Å². The van der Waals surface area contributed by atoms with Crippen LogP contribution in [0.25, 0.3) is 0 Å². The van der Waals surface area contributed by atoms with Crippen LogP contribution in [-0.2, 0) is 6.42 Å².